The van der Waals surface area contributed by atoms with Crippen molar-refractivity contribution in [3.63, 3.8) is 0 Å². The smallest absolute Gasteiger partial charge is 0.239 e. The van der Waals surface area contributed by atoms with Gasteiger partial charge < -0.3 is 16.0 Å². The van der Waals surface area contributed by atoms with Gasteiger partial charge in [0.2, 0.25) is 5.91 Å². The first kappa shape index (κ1) is 16.2. The molecule has 0 aliphatic rings. The van der Waals surface area contributed by atoms with Gasteiger partial charge in [0.25, 0.3) is 0 Å². The van der Waals surface area contributed by atoms with Gasteiger partial charge in [-0.2, -0.15) is 5.26 Å². The summed E-state index contributed by atoms with van der Waals surface area (Å²) in [5.41, 5.74) is 6.80. The second kappa shape index (κ2) is 8.31. The maximum Gasteiger partial charge on any atom is 0.239 e. The minimum absolute atomic E-state index is 0.408. The van der Waals surface area contributed by atoms with Crippen molar-refractivity contribution >= 4 is 5.91 Å². The third-order valence-electron chi connectivity index (χ3n) is 3.33. The Labute approximate surface area is 120 Å². The van der Waals surface area contributed by atoms with Gasteiger partial charge in [-0.05, 0) is 30.8 Å². The number of likely N-dealkylation sites (N-methyl/N-ethyl adjacent to an activating group) is 1. The highest BCUT2D eigenvalue weighted by Crippen LogP contribution is 2.13. The van der Waals surface area contributed by atoms with E-state index < -0.39 is 11.9 Å². The van der Waals surface area contributed by atoms with Crippen LogP contribution in [-0.4, -0.2) is 37.0 Å². The molecule has 1 aromatic rings. The molecule has 0 saturated carbocycles. The van der Waals surface area contributed by atoms with Crippen LogP contribution in [0, 0.1) is 11.3 Å². The minimum Gasteiger partial charge on any atom is -0.368 e. The molecule has 1 atom stereocenters. The average molecular weight is 274 g/mol. The zero-order chi connectivity index (χ0) is 15.0. The van der Waals surface area contributed by atoms with Crippen LogP contribution in [0.2, 0.25) is 0 Å². The van der Waals surface area contributed by atoms with Crippen LogP contribution in [0.4, 0.5) is 0 Å². The van der Waals surface area contributed by atoms with E-state index in [0.29, 0.717) is 12.1 Å². The van der Waals surface area contributed by atoms with Crippen LogP contribution in [0.1, 0.15) is 31.0 Å². The lowest BCUT2D eigenvalue weighted by Crippen LogP contribution is -2.38. The fourth-order valence-corrected chi connectivity index (χ4v) is 2.04. The maximum atomic E-state index is 11.6. The largest absolute Gasteiger partial charge is 0.368 e. The molecular weight excluding hydrogens is 252 g/mol. The fraction of sp³-hybridized carbons (Fsp3) is 0.467. The first-order chi connectivity index (χ1) is 9.62. The molecule has 1 amide bonds. The number of carbonyl (C=O) groups is 1. The first-order valence-corrected chi connectivity index (χ1v) is 6.87. The molecule has 0 fully saturated rings. The van der Waals surface area contributed by atoms with Crippen molar-refractivity contribution in [2.45, 2.75) is 19.9 Å². The number of nitriles is 1. The van der Waals surface area contributed by atoms with E-state index in [-0.39, 0.29) is 0 Å². The molecule has 0 aliphatic carbocycles. The number of nitrogens with one attached hydrogen (secondary N) is 1. The monoisotopic (exact) mass is 274 g/mol. The Morgan fingerprint density at radius 3 is 2.40 bits per heavy atom. The zero-order valence-electron chi connectivity index (χ0n) is 12.1. The number of carbonyl (C=O) groups excluding carboxylic acids is 1. The van der Waals surface area contributed by atoms with E-state index >= 15 is 0 Å². The van der Waals surface area contributed by atoms with Gasteiger partial charge in [0.05, 0.1) is 11.6 Å². The highest BCUT2D eigenvalue weighted by molar-refractivity contribution is 5.81. The number of benzene rings is 1. The third-order valence-corrected chi connectivity index (χ3v) is 3.33. The number of nitrogens with two attached hydrogens (primary N) is 1. The van der Waals surface area contributed by atoms with Gasteiger partial charge in [-0.3, -0.25) is 4.79 Å². The third kappa shape index (κ3) is 4.65. The van der Waals surface area contributed by atoms with Crippen molar-refractivity contribution in [1.29, 1.82) is 5.26 Å². The summed E-state index contributed by atoms with van der Waals surface area (Å²) in [6, 6.07) is 8.45. The zero-order valence-corrected chi connectivity index (χ0v) is 12.1. The molecule has 0 aromatic heterocycles. The standard InChI is InChI=1S/C15H22N4O/c1-3-19(4-2)10-9-18-14(15(17)20)13-7-5-12(11-16)6-8-13/h5-8,14,18H,3-4,9-10H2,1-2H3,(H2,17,20). The number of hydrogen-bond acceptors (Lipinski definition) is 4. The predicted molar refractivity (Wildman–Crippen MR) is 78.9 cm³/mol. The molecule has 1 rings (SSSR count). The average Bonchev–Trinajstić information content (AvgIpc) is 2.47. The van der Waals surface area contributed by atoms with E-state index in [0.717, 1.165) is 25.2 Å². The highest BCUT2D eigenvalue weighted by Gasteiger charge is 2.17. The molecule has 1 aromatic carbocycles. The van der Waals surface area contributed by atoms with Crippen LogP contribution >= 0.6 is 0 Å². The van der Waals surface area contributed by atoms with Gasteiger partial charge in [-0.15, -0.1) is 0 Å². The van der Waals surface area contributed by atoms with Gasteiger partial charge in [0.15, 0.2) is 0 Å². The molecule has 0 heterocycles. The van der Waals surface area contributed by atoms with Gasteiger partial charge in [0, 0.05) is 13.1 Å². The molecule has 108 valence electrons. The van der Waals surface area contributed by atoms with Crippen molar-refractivity contribution in [3.8, 4) is 6.07 Å². The van der Waals surface area contributed by atoms with Crippen LogP contribution in [0.3, 0.4) is 0 Å². The summed E-state index contributed by atoms with van der Waals surface area (Å²) < 4.78 is 0. The summed E-state index contributed by atoms with van der Waals surface area (Å²) in [6.07, 6.45) is 0. The Kier molecular flexibility index (Phi) is 6.71. The van der Waals surface area contributed by atoms with Gasteiger partial charge in [-0.25, -0.2) is 0 Å². The van der Waals surface area contributed by atoms with Crippen LogP contribution < -0.4 is 11.1 Å². The summed E-state index contributed by atoms with van der Waals surface area (Å²) in [6.45, 7) is 7.74. The normalized spacial score (nSPS) is 12.1. The maximum absolute atomic E-state index is 11.6. The molecule has 0 spiro atoms. The first-order valence-electron chi connectivity index (χ1n) is 6.87. The summed E-state index contributed by atoms with van der Waals surface area (Å²) in [5.74, 6) is -0.408. The molecule has 0 radical (unpaired) electrons. The molecule has 1 unspecified atom stereocenters. The van der Waals surface area contributed by atoms with E-state index in [9.17, 15) is 4.79 Å². The number of rotatable bonds is 8. The molecular formula is C15H22N4O. The van der Waals surface area contributed by atoms with E-state index in [2.05, 4.69) is 30.1 Å². The van der Waals surface area contributed by atoms with Crippen molar-refractivity contribution in [1.82, 2.24) is 10.2 Å². The van der Waals surface area contributed by atoms with Crippen molar-refractivity contribution in [3.05, 3.63) is 35.4 Å². The summed E-state index contributed by atoms with van der Waals surface area (Å²) >= 11 is 0. The Balaban J connectivity index is 2.65. The van der Waals surface area contributed by atoms with Gasteiger partial charge in [-0.1, -0.05) is 26.0 Å². The lowest BCUT2D eigenvalue weighted by atomic mass is 10.0. The van der Waals surface area contributed by atoms with Crippen LogP contribution in [0.5, 0.6) is 0 Å². The van der Waals surface area contributed by atoms with Crippen LogP contribution in [0.15, 0.2) is 24.3 Å². The lowest BCUT2D eigenvalue weighted by Gasteiger charge is -2.21. The lowest BCUT2D eigenvalue weighted by molar-refractivity contribution is -0.120. The number of nitrogens with zero attached hydrogens (tertiary/aromatic N) is 2. The molecule has 0 saturated heterocycles. The summed E-state index contributed by atoms with van der Waals surface area (Å²) in [4.78, 5) is 13.8. The second-order valence-electron chi connectivity index (χ2n) is 4.55. The Morgan fingerprint density at radius 2 is 1.95 bits per heavy atom. The van der Waals surface area contributed by atoms with Crippen molar-refractivity contribution in [2.24, 2.45) is 5.73 Å². The van der Waals surface area contributed by atoms with Gasteiger partial charge >= 0.3 is 0 Å². The Hall–Kier alpha value is -1.90. The quantitative estimate of drug-likeness (QED) is 0.741. The molecule has 0 aliphatic heterocycles. The van der Waals surface area contributed by atoms with E-state index in [1.54, 1.807) is 24.3 Å². The fourth-order valence-electron chi connectivity index (χ4n) is 2.04. The molecule has 5 nitrogen and oxygen atoms in total. The number of hydrogen-bond donors (Lipinski definition) is 2. The Bertz CT molecular complexity index is 460. The number of amides is 1. The molecule has 0 bridgehead atoms. The van der Waals surface area contributed by atoms with Crippen molar-refractivity contribution in [2.75, 3.05) is 26.2 Å². The minimum atomic E-state index is -0.515. The van der Waals surface area contributed by atoms with E-state index in [4.69, 9.17) is 11.0 Å². The predicted octanol–water partition coefficient (Wildman–Crippen LogP) is 1.02. The molecule has 20 heavy (non-hydrogen) atoms. The number of primary amides is 1. The summed E-state index contributed by atoms with van der Waals surface area (Å²) in [5, 5.41) is 11.9. The molecule has 5 heteroatoms. The molecule has 3 N–H and O–H groups in total. The van der Waals surface area contributed by atoms with E-state index in [1.165, 1.54) is 0 Å². The van der Waals surface area contributed by atoms with E-state index in [1.807, 2.05) is 0 Å². The highest BCUT2D eigenvalue weighted by atomic mass is 16.1. The second-order valence-corrected chi connectivity index (χ2v) is 4.55. The van der Waals surface area contributed by atoms with Gasteiger partial charge in [0.1, 0.15) is 6.04 Å². The summed E-state index contributed by atoms with van der Waals surface area (Å²) in [7, 11) is 0. The topological polar surface area (TPSA) is 82.2 Å². The van der Waals surface area contributed by atoms with Crippen molar-refractivity contribution < 1.29 is 4.79 Å². The Morgan fingerprint density at radius 1 is 1.35 bits per heavy atom. The van der Waals surface area contributed by atoms with Crippen LogP contribution in [-0.2, 0) is 4.79 Å². The SMILES string of the molecule is CCN(CC)CCNC(C(N)=O)c1ccc(C#N)cc1. The van der Waals surface area contributed by atoms with Crippen LogP contribution in [0.25, 0.3) is 0 Å².